The summed E-state index contributed by atoms with van der Waals surface area (Å²) in [5.74, 6) is 0. The summed E-state index contributed by atoms with van der Waals surface area (Å²) in [5.41, 5.74) is 1.55. The van der Waals surface area contributed by atoms with Crippen molar-refractivity contribution >= 4 is 11.6 Å². The molecule has 2 rings (SSSR count). The normalized spacial score (nSPS) is 19.6. The Morgan fingerprint density at radius 1 is 1.41 bits per heavy atom. The number of rotatable bonds is 6. The summed E-state index contributed by atoms with van der Waals surface area (Å²) in [6.07, 6.45) is 7.99. The van der Waals surface area contributed by atoms with Gasteiger partial charge in [-0.05, 0) is 50.5 Å². The fourth-order valence-corrected chi connectivity index (χ4v) is 2.87. The summed E-state index contributed by atoms with van der Waals surface area (Å²) in [5, 5.41) is 4.98. The Labute approximate surface area is 109 Å². The van der Waals surface area contributed by atoms with Crippen molar-refractivity contribution in [2.24, 2.45) is 5.41 Å². The lowest BCUT2D eigenvalue weighted by Crippen LogP contribution is -2.16. The molecule has 3 heteroatoms. The number of hydrogen-bond donors (Lipinski definition) is 0. The SMILES string of the molecule is CCC(CC)n1ccc(CC2(C(C)Cl)CC2)n1. The lowest BCUT2D eigenvalue weighted by atomic mass is 9.97. The van der Waals surface area contributed by atoms with Crippen molar-refractivity contribution < 1.29 is 0 Å². The van der Waals surface area contributed by atoms with Gasteiger partial charge in [0.05, 0.1) is 11.7 Å². The zero-order valence-corrected chi connectivity index (χ0v) is 11.9. The summed E-state index contributed by atoms with van der Waals surface area (Å²) < 4.78 is 2.13. The van der Waals surface area contributed by atoms with Gasteiger partial charge in [0.25, 0.3) is 0 Å². The molecule has 0 spiro atoms. The van der Waals surface area contributed by atoms with E-state index in [2.05, 4.69) is 37.7 Å². The first-order valence-corrected chi connectivity index (χ1v) is 7.23. The number of alkyl halides is 1. The van der Waals surface area contributed by atoms with Gasteiger partial charge < -0.3 is 0 Å². The van der Waals surface area contributed by atoms with Gasteiger partial charge in [0, 0.05) is 11.6 Å². The fraction of sp³-hybridized carbons (Fsp3) is 0.786. The van der Waals surface area contributed by atoms with E-state index < -0.39 is 0 Å². The second kappa shape index (κ2) is 5.01. The van der Waals surface area contributed by atoms with E-state index >= 15 is 0 Å². The molecular formula is C14H23ClN2. The average Bonchev–Trinajstić information content (AvgIpc) is 2.94. The van der Waals surface area contributed by atoms with Gasteiger partial charge >= 0.3 is 0 Å². The highest BCUT2D eigenvalue weighted by Gasteiger charge is 2.46. The van der Waals surface area contributed by atoms with E-state index in [0.717, 1.165) is 19.3 Å². The lowest BCUT2D eigenvalue weighted by Gasteiger charge is -2.16. The highest BCUT2D eigenvalue weighted by Crippen LogP contribution is 2.53. The zero-order chi connectivity index (χ0) is 12.5. The standard InChI is InChI=1S/C14H23ClN2/c1-4-13(5-2)17-9-6-12(16-17)10-14(7-8-14)11(3)15/h6,9,11,13H,4-5,7-8,10H2,1-3H3. The molecule has 2 nitrogen and oxygen atoms in total. The van der Waals surface area contributed by atoms with Crippen LogP contribution in [0.2, 0.25) is 0 Å². The Bertz CT molecular complexity index is 362. The molecule has 0 saturated heterocycles. The zero-order valence-electron chi connectivity index (χ0n) is 11.1. The molecule has 17 heavy (non-hydrogen) atoms. The summed E-state index contributed by atoms with van der Waals surface area (Å²) in [6, 6.07) is 2.71. The van der Waals surface area contributed by atoms with Crippen LogP contribution < -0.4 is 0 Å². The molecule has 0 N–H and O–H groups in total. The van der Waals surface area contributed by atoms with Gasteiger partial charge in [-0.15, -0.1) is 11.6 Å². The van der Waals surface area contributed by atoms with Crippen LogP contribution in [0.3, 0.4) is 0 Å². The molecule has 0 amide bonds. The molecule has 1 saturated carbocycles. The van der Waals surface area contributed by atoms with E-state index in [-0.39, 0.29) is 5.38 Å². The monoisotopic (exact) mass is 254 g/mol. The van der Waals surface area contributed by atoms with Crippen molar-refractivity contribution in [2.75, 3.05) is 0 Å². The van der Waals surface area contributed by atoms with Crippen molar-refractivity contribution in [3.63, 3.8) is 0 Å². The molecular weight excluding hydrogens is 232 g/mol. The molecule has 0 bridgehead atoms. The third kappa shape index (κ3) is 2.67. The van der Waals surface area contributed by atoms with Gasteiger partial charge in [-0.25, -0.2) is 0 Å². The van der Waals surface area contributed by atoms with E-state index in [9.17, 15) is 0 Å². The van der Waals surface area contributed by atoms with Crippen LogP contribution in [0.25, 0.3) is 0 Å². The number of nitrogens with zero attached hydrogens (tertiary/aromatic N) is 2. The third-order valence-corrected chi connectivity index (χ3v) is 4.71. The highest BCUT2D eigenvalue weighted by atomic mass is 35.5. The topological polar surface area (TPSA) is 17.8 Å². The van der Waals surface area contributed by atoms with Crippen molar-refractivity contribution in [1.29, 1.82) is 0 Å². The van der Waals surface area contributed by atoms with E-state index in [4.69, 9.17) is 16.7 Å². The van der Waals surface area contributed by atoms with Crippen LogP contribution in [-0.4, -0.2) is 15.2 Å². The number of hydrogen-bond acceptors (Lipinski definition) is 1. The first-order chi connectivity index (χ1) is 8.11. The largest absolute Gasteiger partial charge is 0.269 e. The molecule has 1 aromatic heterocycles. The smallest absolute Gasteiger partial charge is 0.0630 e. The van der Waals surface area contributed by atoms with Crippen molar-refractivity contribution in [3.8, 4) is 0 Å². The molecule has 1 fully saturated rings. The molecule has 1 aliphatic rings. The molecule has 0 aromatic carbocycles. The Morgan fingerprint density at radius 2 is 2.06 bits per heavy atom. The maximum atomic E-state index is 6.27. The molecule has 0 radical (unpaired) electrons. The molecule has 1 atom stereocenters. The molecule has 1 aliphatic carbocycles. The summed E-state index contributed by atoms with van der Waals surface area (Å²) >= 11 is 6.27. The van der Waals surface area contributed by atoms with Crippen molar-refractivity contribution in [3.05, 3.63) is 18.0 Å². The van der Waals surface area contributed by atoms with Gasteiger partial charge in [0.2, 0.25) is 0 Å². The van der Waals surface area contributed by atoms with Crippen LogP contribution in [0, 0.1) is 5.41 Å². The Balaban J connectivity index is 2.04. The van der Waals surface area contributed by atoms with Crippen molar-refractivity contribution in [1.82, 2.24) is 9.78 Å². The van der Waals surface area contributed by atoms with Crippen LogP contribution in [0.5, 0.6) is 0 Å². The first kappa shape index (κ1) is 12.9. The van der Waals surface area contributed by atoms with Crippen LogP contribution >= 0.6 is 11.6 Å². The third-order valence-electron chi connectivity index (χ3n) is 4.25. The van der Waals surface area contributed by atoms with Crippen LogP contribution in [0.4, 0.5) is 0 Å². The maximum Gasteiger partial charge on any atom is 0.0630 e. The Hall–Kier alpha value is -0.500. The van der Waals surface area contributed by atoms with Crippen LogP contribution in [-0.2, 0) is 6.42 Å². The molecule has 96 valence electrons. The van der Waals surface area contributed by atoms with E-state index in [1.54, 1.807) is 0 Å². The lowest BCUT2D eigenvalue weighted by molar-refractivity contribution is 0.418. The summed E-state index contributed by atoms with van der Waals surface area (Å²) in [6.45, 7) is 6.56. The van der Waals surface area contributed by atoms with Gasteiger partial charge in [0.1, 0.15) is 0 Å². The Kier molecular flexibility index (Phi) is 3.82. The van der Waals surface area contributed by atoms with Gasteiger partial charge in [-0.1, -0.05) is 13.8 Å². The Morgan fingerprint density at radius 3 is 2.53 bits per heavy atom. The van der Waals surface area contributed by atoms with Gasteiger partial charge in [0.15, 0.2) is 0 Å². The maximum absolute atomic E-state index is 6.27. The molecule has 1 unspecified atom stereocenters. The highest BCUT2D eigenvalue weighted by molar-refractivity contribution is 6.21. The minimum atomic E-state index is 0.265. The van der Waals surface area contributed by atoms with Gasteiger partial charge in [-0.3, -0.25) is 4.68 Å². The van der Waals surface area contributed by atoms with E-state index in [0.29, 0.717) is 11.5 Å². The molecule has 0 aliphatic heterocycles. The predicted octanol–water partition coefficient (Wildman–Crippen LogP) is 4.19. The van der Waals surface area contributed by atoms with Crippen LogP contribution in [0.1, 0.15) is 58.2 Å². The van der Waals surface area contributed by atoms with E-state index in [1.807, 2.05) is 0 Å². The van der Waals surface area contributed by atoms with Crippen molar-refractivity contribution in [2.45, 2.75) is 64.3 Å². The second-order valence-electron chi connectivity index (χ2n) is 5.41. The molecule has 1 heterocycles. The second-order valence-corrected chi connectivity index (χ2v) is 6.07. The average molecular weight is 255 g/mol. The summed E-state index contributed by atoms with van der Waals surface area (Å²) in [4.78, 5) is 0. The van der Waals surface area contributed by atoms with Crippen LogP contribution in [0.15, 0.2) is 12.3 Å². The number of halogens is 1. The first-order valence-electron chi connectivity index (χ1n) is 6.79. The molecule has 1 aromatic rings. The minimum absolute atomic E-state index is 0.265. The minimum Gasteiger partial charge on any atom is -0.269 e. The van der Waals surface area contributed by atoms with Gasteiger partial charge in [-0.2, -0.15) is 5.10 Å². The number of aromatic nitrogens is 2. The summed E-state index contributed by atoms with van der Waals surface area (Å²) in [7, 11) is 0. The quantitative estimate of drug-likeness (QED) is 0.696. The fourth-order valence-electron chi connectivity index (χ4n) is 2.57. The predicted molar refractivity (Wildman–Crippen MR) is 72.5 cm³/mol. The van der Waals surface area contributed by atoms with E-state index in [1.165, 1.54) is 18.5 Å².